The SMILES string of the molecule is CC(C)(C)OC1OC1N1CCC(C)(C(N)=O)CC1. The highest BCUT2D eigenvalue weighted by atomic mass is 16.8. The third-order valence-electron chi connectivity index (χ3n) is 3.76. The molecule has 0 aliphatic carbocycles. The van der Waals surface area contributed by atoms with Gasteiger partial charge >= 0.3 is 0 Å². The fourth-order valence-electron chi connectivity index (χ4n) is 2.30. The Kier molecular flexibility index (Phi) is 3.42. The van der Waals surface area contributed by atoms with E-state index < -0.39 is 0 Å². The highest BCUT2D eigenvalue weighted by molar-refractivity contribution is 5.80. The molecule has 2 N–H and O–H groups in total. The van der Waals surface area contributed by atoms with Crippen molar-refractivity contribution in [2.24, 2.45) is 11.1 Å². The Labute approximate surface area is 109 Å². The maximum absolute atomic E-state index is 11.4. The second kappa shape index (κ2) is 4.47. The van der Waals surface area contributed by atoms with Crippen molar-refractivity contribution in [3.8, 4) is 0 Å². The number of piperidine rings is 1. The fraction of sp³-hybridized carbons (Fsp3) is 0.923. The van der Waals surface area contributed by atoms with Crippen LogP contribution in [0.3, 0.4) is 0 Å². The van der Waals surface area contributed by atoms with E-state index in [-0.39, 0.29) is 29.4 Å². The molecule has 0 aromatic rings. The van der Waals surface area contributed by atoms with Gasteiger partial charge in [0.2, 0.25) is 5.91 Å². The van der Waals surface area contributed by atoms with E-state index in [1.807, 2.05) is 27.7 Å². The zero-order chi connectivity index (χ0) is 13.6. The molecule has 0 aromatic carbocycles. The first-order valence-electron chi connectivity index (χ1n) is 6.59. The first kappa shape index (κ1) is 13.8. The Hall–Kier alpha value is -0.650. The minimum atomic E-state index is -0.355. The number of nitrogens with zero attached hydrogens (tertiary/aromatic N) is 1. The van der Waals surface area contributed by atoms with E-state index in [4.69, 9.17) is 15.2 Å². The zero-order valence-electron chi connectivity index (χ0n) is 11.7. The van der Waals surface area contributed by atoms with Crippen LogP contribution in [0.5, 0.6) is 0 Å². The molecule has 2 saturated heterocycles. The van der Waals surface area contributed by atoms with E-state index >= 15 is 0 Å². The lowest BCUT2D eigenvalue weighted by Gasteiger charge is -2.36. The Bertz CT molecular complexity index is 330. The monoisotopic (exact) mass is 256 g/mol. The van der Waals surface area contributed by atoms with E-state index in [1.165, 1.54) is 0 Å². The minimum Gasteiger partial charge on any atom is -0.369 e. The van der Waals surface area contributed by atoms with Gasteiger partial charge in [-0.2, -0.15) is 0 Å². The smallest absolute Gasteiger partial charge is 0.223 e. The maximum atomic E-state index is 11.4. The van der Waals surface area contributed by atoms with Crippen molar-refractivity contribution in [3.05, 3.63) is 0 Å². The Morgan fingerprint density at radius 1 is 1.39 bits per heavy atom. The normalized spacial score (nSPS) is 32.2. The van der Waals surface area contributed by atoms with Gasteiger partial charge in [0.25, 0.3) is 0 Å². The summed E-state index contributed by atoms with van der Waals surface area (Å²) in [6, 6.07) is 0. The number of ether oxygens (including phenoxy) is 2. The molecule has 0 spiro atoms. The van der Waals surface area contributed by atoms with Crippen LogP contribution in [0.25, 0.3) is 0 Å². The molecule has 104 valence electrons. The molecule has 18 heavy (non-hydrogen) atoms. The standard InChI is InChI=1S/C13H24N2O3/c1-12(2,3)18-10-9(17-10)15-7-5-13(4,6-8-15)11(14)16/h9-10H,5-8H2,1-4H3,(H2,14,16). The minimum absolute atomic E-state index is 0.0571. The Morgan fingerprint density at radius 3 is 2.39 bits per heavy atom. The number of rotatable bonds is 3. The van der Waals surface area contributed by atoms with Crippen LogP contribution in [0, 0.1) is 5.41 Å². The number of epoxide rings is 1. The summed E-state index contributed by atoms with van der Waals surface area (Å²) in [4.78, 5) is 13.6. The van der Waals surface area contributed by atoms with Crippen molar-refractivity contribution in [1.29, 1.82) is 0 Å². The van der Waals surface area contributed by atoms with E-state index in [2.05, 4.69) is 4.90 Å². The molecule has 0 radical (unpaired) electrons. The van der Waals surface area contributed by atoms with Gasteiger partial charge in [-0.25, -0.2) is 0 Å². The molecular formula is C13H24N2O3. The van der Waals surface area contributed by atoms with Crippen molar-refractivity contribution in [2.45, 2.75) is 58.7 Å². The summed E-state index contributed by atoms with van der Waals surface area (Å²) in [7, 11) is 0. The number of hydrogen-bond acceptors (Lipinski definition) is 4. The Balaban J connectivity index is 1.81. The van der Waals surface area contributed by atoms with Gasteiger partial charge in [0, 0.05) is 18.5 Å². The van der Waals surface area contributed by atoms with Gasteiger partial charge in [0.15, 0.2) is 12.5 Å². The predicted molar refractivity (Wildman–Crippen MR) is 67.6 cm³/mol. The van der Waals surface area contributed by atoms with Crippen LogP contribution in [-0.2, 0) is 14.3 Å². The van der Waals surface area contributed by atoms with E-state index in [0.29, 0.717) is 0 Å². The molecule has 5 heteroatoms. The average molecular weight is 256 g/mol. The molecule has 2 rings (SSSR count). The van der Waals surface area contributed by atoms with Crippen LogP contribution in [0.4, 0.5) is 0 Å². The maximum Gasteiger partial charge on any atom is 0.223 e. The van der Waals surface area contributed by atoms with Crippen LogP contribution in [0.1, 0.15) is 40.5 Å². The summed E-state index contributed by atoms with van der Waals surface area (Å²) in [5, 5.41) is 0. The third kappa shape index (κ3) is 3.02. The molecule has 0 saturated carbocycles. The molecule has 2 heterocycles. The molecule has 2 fully saturated rings. The van der Waals surface area contributed by atoms with Gasteiger partial charge in [-0.05, 0) is 33.6 Å². The molecule has 2 unspecified atom stereocenters. The van der Waals surface area contributed by atoms with Crippen LogP contribution in [0.2, 0.25) is 0 Å². The van der Waals surface area contributed by atoms with E-state index in [9.17, 15) is 4.79 Å². The molecular weight excluding hydrogens is 232 g/mol. The number of hydrogen-bond donors (Lipinski definition) is 1. The van der Waals surface area contributed by atoms with Crippen molar-refractivity contribution >= 4 is 5.91 Å². The summed E-state index contributed by atoms with van der Waals surface area (Å²) < 4.78 is 11.3. The number of likely N-dealkylation sites (tertiary alicyclic amines) is 1. The van der Waals surface area contributed by atoms with E-state index in [1.54, 1.807) is 0 Å². The van der Waals surface area contributed by atoms with Gasteiger partial charge < -0.3 is 15.2 Å². The lowest BCUT2D eigenvalue weighted by molar-refractivity contribution is -0.129. The molecule has 0 bridgehead atoms. The number of amides is 1. The molecule has 5 nitrogen and oxygen atoms in total. The van der Waals surface area contributed by atoms with Gasteiger partial charge in [0.05, 0.1) is 5.60 Å². The van der Waals surface area contributed by atoms with Crippen molar-refractivity contribution in [2.75, 3.05) is 13.1 Å². The molecule has 0 aromatic heterocycles. The summed E-state index contributed by atoms with van der Waals surface area (Å²) >= 11 is 0. The fourth-order valence-corrected chi connectivity index (χ4v) is 2.30. The first-order valence-corrected chi connectivity index (χ1v) is 6.59. The molecule has 2 atom stereocenters. The molecule has 1 amide bonds. The van der Waals surface area contributed by atoms with E-state index in [0.717, 1.165) is 25.9 Å². The second-order valence-corrected chi connectivity index (χ2v) is 6.59. The van der Waals surface area contributed by atoms with Gasteiger partial charge in [-0.3, -0.25) is 9.69 Å². The summed E-state index contributed by atoms with van der Waals surface area (Å²) in [5.74, 6) is -0.193. The summed E-state index contributed by atoms with van der Waals surface area (Å²) in [5.41, 5.74) is 4.90. The molecule has 2 aliphatic rings. The summed E-state index contributed by atoms with van der Waals surface area (Å²) in [6.07, 6.45) is 1.53. The molecule has 2 aliphatic heterocycles. The predicted octanol–water partition coefficient (Wildman–Crippen LogP) is 1.07. The van der Waals surface area contributed by atoms with Crippen LogP contribution >= 0.6 is 0 Å². The van der Waals surface area contributed by atoms with Gasteiger partial charge in [0.1, 0.15) is 0 Å². The van der Waals surface area contributed by atoms with Gasteiger partial charge in [-0.1, -0.05) is 6.92 Å². The number of carbonyl (C=O) groups excluding carboxylic acids is 1. The van der Waals surface area contributed by atoms with Crippen molar-refractivity contribution < 1.29 is 14.3 Å². The largest absolute Gasteiger partial charge is 0.369 e. The highest BCUT2D eigenvalue weighted by Crippen LogP contribution is 2.37. The van der Waals surface area contributed by atoms with Crippen molar-refractivity contribution in [3.63, 3.8) is 0 Å². The van der Waals surface area contributed by atoms with Crippen LogP contribution in [-0.4, -0.2) is 42.0 Å². The number of nitrogens with two attached hydrogens (primary N) is 1. The average Bonchev–Trinajstić information content (AvgIpc) is 2.95. The van der Waals surface area contributed by atoms with Crippen LogP contribution in [0.15, 0.2) is 0 Å². The second-order valence-electron chi connectivity index (χ2n) is 6.59. The topological polar surface area (TPSA) is 68.1 Å². The lowest BCUT2D eigenvalue weighted by atomic mass is 9.80. The zero-order valence-corrected chi connectivity index (χ0v) is 11.7. The third-order valence-corrected chi connectivity index (χ3v) is 3.76. The van der Waals surface area contributed by atoms with Gasteiger partial charge in [-0.15, -0.1) is 0 Å². The highest BCUT2D eigenvalue weighted by Gasteiger charge is 2.49. The quantitative estimate of drug-likeness (QED) is 0.767. The van der Waals surface area contributed by atoms with Crippen molar-refractivity contribution in [1.82, 2.24) is 4.90 Å². The summed E-state index contributed by atoms with van der Waals surface area (Å²) in [6.45, 7) is 9.69. The number of primary amides is 1. The lowest BCUT2D eigenvalue weighted by Crippen LogP contribution is -2.46. The Morgan fingerprint density at radius 2 is 1.94 bits per heavy atom. The van der Waals surface area contributed by atoms with Crippen LogP contribution < -0.4 is 5.73 Å². The first-order chi connectivity index (χ1) is 8.21. The number of carbonyl (C=O) groups is 1.